The van der Waals surface area contributed by atoms with E-state index in [1.54, 1.807) is 0 Å². The lowest BCUT2D eigenvalue weighted by Crippen LogP contribution is -2.06. The van der Waals surface area contributed by atoms with Crippen molar-refractivity contribution in [1.82, 2.24) is 27.9 Å². The molecule has 0 unspecified atom stereocenters. The predicted molar refractivity (Wildman–Crippen MR) is 208 cm³/mol. The lowest BCUT2D eigenvalue weighted by molar-refractivity contribution is 0.378. The Morgan fingerprint density at radius 1 is 0.540 bits per heavy atom. The van der Waals surface area contributed by atoms with Gasteiger partial charge in [-0.1, -0.05) is 95.9 Å². The van der Waals surface area contributed by atoms with Crippen molar-refractivity contribution in [3.05, 3.63) is 120 Å². The van der Waals surface area contributed by atoms with Gasteiger partial charge in [0.05, 0.1) is 55.5 Å². The highest BCUT2D eigenvalue weighted by Crippen LogP contribution is 2.35. The number of aryl methyl sites for hydroxylation is 2. The largest absolute Gasteiger partial charge is 0.278 e. The Hall–Kier alpha value is -5.36. The van der Waals surface area contributed by atoms with Crippen molar-refractivity contribution in [2.45, 2.75) is 67.0 Å². The van der Waals surface area contributed by atoms with Crippen LogP contribution in [0.1, 0.15) is 80.3 Å². The minimum absolute atomic E-state index is 0.0828. The van der Waals surface area contributed by atoms with Crippen LogP contribution in [0, 0.1) is 10.8 Å². The van der Waals surface area contributed by atoms with Gasteiger partial charge in [0.1, 0.15) is 0 Å². The van der Waals surface area contributed by atoms with Gasteiger partial charge in [-0.25, -0.2) is 9.97 Å². The van der Waals surface area contributed by atoms with Gasteiger partial charge in [-0.2, -0.15) is 0 Å². The Bertz CT molecular complexity index is 3160. The van der Waals surface area contributed by atoms with Gasteiger partial charge >= 0.3 is 0 Å². The molecule has 0 atom stereocenters. The molecule has 5 aromatic carbocycles. The summed E-state index contributed by atoms with van der Waals surface area (Å²) in [5.74, 6) is 1.24. The Morgan fingerprint density at radius 3 is 1.52 bits per heavy atom. The first-order chi connectivity index (χ1) is 28.6. The van der Waals surface area contributed by atoms with Gasteiger partial charge in [0.15, 0.2) is 0 Å². The van der Waals surface area contributed by atoms with Crippen molar-refractivity contribution < 1.29 is 15.1 Å². The van der Waals surface area contributed by atoms with Crippen molar-refractivity contribution in [3.63, 3.8) is 0 Å². The van der Waals surface area contributed by atoms with E-state index >= 15 is 0 Å². The molecular formula is C44H44N6. The molecule has 0 amide bonds. The average Bonchev–Trinajstić information content (AvgIpc) is 3.92. The number of nitrogens with zero attached hydrogens (tertiary/aromatic N) is 6. The fraction of sp³-hybridized carbons (Fsp3) is 0.273. The summed E-state index contributed by atoms with van der Waals surface area (Å²) in [5, 5.41) is 0. The van der Waals surface area contributed by atoms with Crippen LogP contribution in [0.15, 0.2) is 109 Å². The highest BCUT2D eigenvalue weighted by atomic mass is 15.2. The minimum atomic E-state index is -2.70. The van der Waals surface area contributed by atoms with Crippen LogP contribution in [0.3, 0.4) is 0 Å². The van der Waals surface area contributed by atoms with E-state index in [9.17, 15) is 0 Å². The second-order valence-corrected chi connectivity index (χ2v) is 14.0. The molecule has 6 heteroatoms. The lowest BCUT2D eigenvalue weighted by Gasteiger charge is -2.17. The molecule has 0 saturated heterocycles. The molecule has 0 spiro atoms. The zero-order valence-corrected chi connectivity index (χ0v) is 28.2. The van der Waals surface area contributed by atoms with E-state index in [4.69, 9.17) is 25.0 Å². The summed E-state index contributed by atoms with van der Waals surface area (Å²) < 4.78 is 99.2. The maximum absolute atomic E-state index is 8.96. The summed E-state index contributed by atoms with van der Waals surface area (Å²) in [4.78, 5) is 10.4. The van der Waals surface area contributed by atoms with E-state index in [-0.39, 0.29) is 19.3 Å². The lowest BCUT2D eigenvalue weighted by atomic mass is 9.88. The minimum Gasteiger partial charge on any atom is -0.278 e. The monoisotopic (exact) mass is 667 g/mol. The van der Waals surface area contributed by atoms with E-state index in [1.165, 1.54) is 20.8 Å². The van der Waals surface area contributed by atoms with Crippen molar-refractivity contribution >= 4 is 55.7 Å². The van der Waals surface area contributed by atoms with Crippen LogP contribution in [-0.2, 0) is 12.8 Å². The molecule has 0 aliphatic rings. The van der Waals surface area contributed by atoms with Gasteiger partial charge in [0.25, 0.3) is 0 Å². The van der Waals surface area contributed by atoms with Crippen molar-refractivity contribution in [1.29, 1.82) is 0 Å². The molecule has 0 N–H and O–H groups in total. The van der Waals surface area contributed by atoms with Crippen LogP contribution in [0.2, 0.25) is 0 Å². The molecule has 4 heterocycles. The van der Waals surface area contributed by atoms with Gasteiger partial charge in [-0.3, -0.25) is 17.9 Å². The van der Waals surface area contributed by atoms with Crippen molar-refractivity contribution in [3.8, 4) is 11.4 Å². The van der Waals surface area contributed by atoms with Gasteiger partial charge in [-0.05, 0) is 102 Å². The van der Waals surface area contributed by atoms with Crippen LogP contribution >= 0.6 is 0 Å². The van der Waals surface area contributed by atoms with Crippen molar-refractivity contribution in [2.24, 2.45) is 10.8 Å². The number of rotatable bonds is 6. The fourth-order valence-electron chi connectivity index (χ4n) is 7.29. The summed E-state index contributed by atoms with van der Waals surface area (Å²) >= 11 is 0. The Labute approximate surface area is 308 Å². The number of fused-ring (bicyclic) bond motifs is 10. The smallest absolute Gasteiger partial charge is 0.220 e. The van der Waals surface area contributed by atoms with Crippen LogP contribution in [0.5, 0.6) is 0 Å². The zero-order valence-electron chi connectivity index (χ0n) is 39.2. The first kappa shape index (κ1) is 21.0. The van der Waals surface area contributed by atoms with Gasteiger partial charge in [0.2, 0.25) is 11.6 Å². The van der Waals surface area contributed by atoms with E-state index < -0.39 is 37.8 Å². The van der Waals surface area contributed by atoms with E-state index in [2.05, 4.69) is 24.0 Å². The summed E-state index contributed by atoms with van der Waals surface area (Å²) in [7, 11) is 0. The van der Waals surface area contributed by atoms with Crippen LogP contribution in [-0.4, -0.2) is 27.9 Å². The molecule has 0 bridgehead atoms. The Morgan fingerprint density at radius 2 is 1.00 bits per heavy atom. The second-order valence-electron chi connectivity index (χ2n) is 14.0. The quantitative estimate of drug-likeness (QED) is 0.177. The number of hydrogen-bond donors (Lipinski definition) is 0. The molecule has 0 aliphatic carbocycles. The fourth-order valence-corrected chi connectivity index (χ4v) is 7.29. The van der Waals surface area contributed by atoms with Gasteiger partial charge in [0, 0.05) is 15.1 Å². The summed E-state index contributed by atoms with van der Waals surface area (Å²) in [6.07, 6.45) is -2.10. The third kappa shape index (κ3) is 4.92. The number of benzene rings is 5. The Balaban J connectivity index is 1.21. The maximum atomic E-state index is 8.96. The van der Waals surface area contributed by atoms with E-state index in [1.807, 2.05) is 103 Å². The SMILES string of the molecule is [2H]C([2H])([2H])C(C)(C)C([2H])([2H])Cc1cccc2c1nc1n(-c3cccc(-n4c5ccccc5n5c6cccc(CCC(C)(C([2H])([2H])[2H])C([2H])([2H])[2H])c6nc45)c3)c3ccccc3n21. The highest BCUT2D eigenvalue weighted by Gasteiger charge is 2.22. The molecule has 4 aromatic heterocycles. The van der Waals surface area contributed by atoms with Crippen LogP contribution in [0.25, 0.3) is 67.1 Å². The predicted octanol–water partition coefficient (Wildman–Crippen LogP) is 11.1. The third-order valence-electron chi connectivity index (χ3n) is 9.59. The molecule has 50 heavy (non-hydrogen) atoms. The topological polar surface area (TPSA) is 44.5 Å². The number of para-hydroxylation sites is 6. The normalized spacial score (nSPS) is 17.2. The molecule has 0 radical (unpaired) electrons. The van der Waals surface area contributed by atoms with Crippen LogP contribution in [0.4, 0.5) is 0 Å². The first-order valence-corrected chi connectivity index (χ1v) is 17.0. The average molecular weight is 668 g/mol. The van der Waals surface area contributed by atoms with E-state index in [0.29, 0.717) is 28.2 Å². The third-order valence-corrected chi connectivity index (χ3v) is 9.59. The highest BCUT2D eigenvalue weighted by molar-refractivity contribution is 5.95. The first-order valence-electron chi connectivity index (χ1n) is 22.5. The standard InChI is InChI=1S/C44H44N6/c1-43(2,3)26-24-29-14-11-22-37-39(29)45-41-47(33-18-7-9-20-35(33)49(37)41)31-16-13-17-32(28-31)48-34-19-8-10-21-36(34)50-38-23-12-15-30(25-27-44(4,5)6)40(38)46-42(48)50/h7-23,28H,24-27H2,1-6H3/i1D3,2D3,4D3,27D2. The summed E-state index contributed by atoms with van der Waals surface area (Å²) in [6, 6.07) is 35.4. The molecule has 0 saturated carbocycles. The summed E-state index contributed by atoms with van der Waals surface area (Å²) in [5.41, 5.74) is 5.89. The molecule has 250 valence electrons. The van der Waals surface area contributed by atoms with Gasteiger partial charge < -0.3 is 0 Å². The van der Waals surface area contributed by atoms with E-state index in [0.717, 1.165) is 50.0 Å². The molecule has 9 rings (SSSR count). The number of imidazole rings is 4. The molecule has 6 nitrogen and oxygen atoms in total. The number of hydrogen-bond acceptors (Lipinski definition) is 2. The van der Waals surface area contributed by atoms with Crippen molar-refractivity contribution in [2.75, 3.05) is 0 Å². The maximum Gasteiger partial charge on any atom is 0.220 e. The van der Waals surface area contributed by atoms with Crippen LogP contribution < -0.4 is 0 Å². The molecule has 9 aromatic rings. The second kappa shape index (κ2) is 11.1. The Kier molecular flexibility index (Phi) is 4.65. The summed E-state index contributed by atoms with van der Waals surface area (Å²) in [6.45, 7) is -3.69. The number of aromatic nitrogens is 6. The zero-order chi connectivity index (χ0) is 43.7. The van der Waals surface area contributed by atoms with Gasteiger partial charge in [-0.15, -0.1) is 0 Å². The molecule has 0 aliphatic heterocycles. The molecule has 0 fully saturated rings. The molecular weight excluding hydrogens is 613 g/mol.